The molecule has 1 radical (unpaired) electrons. The number of alkyl halides is 6. The van der Waals surface area contributed by atoms with Crippen LogP contribution in [0.5, 0.6) is 11.6 Å². The SMILES string of the molecule is Cc1[c]c(Oc2cc(-c3cc(C(F)(F)F)cc(C(F)(F)F)c3)ncn2)ccc1. The van der Waals surface area contributed by atoms with Crippen molar-refractivity contribution < 1.29 is 31.1 Å². The standard InChI is InChI=1S/C19H11F6N2O/c1-11-3-2-4-15(5-11)28-17-9-16(26-10-27-17)12-6-13(18(20,21)22)8-14(7-12)19(23,24)25/h2-4,6-10H,1H3. The molecule has 1 aromatic heterocycles. The Kier molecular flexibility index (Phi) is 5.01. The molecule has 145 valence electrons. The van der Waals surface area contributed by atoms with Crippen molar-refractivity contribution in [3.8, 4) is 22.9 Å². The number of nitrogens with zero attached hydrogens (tertiary/aromatic N) is 2. The van der Waals surface area contributed by atoms with Crippen molar-refractivity contribution in [3.63, 3.8) is 0 Å². The summed E-state index contributed by atoms with van der Waals surface area (Å²) in [5, 5.41) is 0. The molecule has 0 unspecified atom stereocenters. The summed E-state index contributed by atoms with van der Waals surface area (Å²) in [7, 11) is 0. The van der Waals surface area contributed by atoms with E-state index in [4.69, 9.17) is 4.74 Å². The van der Waals surface area contributed by atoms with E-state index in [0.717, 1.165) is 18.0 Å². The number of benzene rings is 2. The Hall–Kier alpha value is -3.10. The molecule has 0 amide bonds. The third-order valence-corrected chi connectivity index (χ3v) is 3.65. The Morgan fingerprint density at radius 3 is 2.07 bits per heavy atom. The van der Waals surface area contributed by atoms with Crippen LogP contribution < -0.4 is 4.74 Å². The van der Waals surface area contributed by atoms with Crippen LogP contribution in [-0.4, -0.2) is 9.97 Å². The highest BCUT2D eigenvalue weighted by atomic mass is 19.4. The van der Waals surface area contributed by atoms with E-state index in [0.29, 0.717) is 17.9 Å². The minimum absolute atomic E-state index is 0.0437. The van der Waals surface area contributed by atoms with Crippen molar-refractivity contribution in [2.45, 2.75) is 19.3 Å². The maximum atomic E-state index is 13.0. The molecule has 0 atom stereocenters. The van der Waals surface area contributed by atoms with Crippen LogP contribution in [0.4, 0.5) is 26.3 Å². The zero-order valence-corrected chi connectivity index (χ0v) is 14.2. The minimum atomic E-state index is -4.95. The fourth-order valence-corrected chi connectivity index (χ4v) is 2.39. The third-order valence-electron chi connectivity index (χ3n) is 3.65. The fraction of sp³-hybridized carbons (Fsp3) is 0.158. The topological polar surface area (TPSA) is 35.0 Å². The van der Waals surface area contributed by atoms with Gasteiger partial charge in [-0.15, -0.1) is 0 Å². The van der Waals surface area contributed by atoms with Crippen molar-refractivity contribution in [2.75, 3.05) is 0 Å². The zero-order chi connectivity index (χ0) is 20.5. The van der Waals surface area contributed by atoms with Crippen LogP contribution in [0.15, 0.2) is 48.8 Å². The van der Waals surface area contributed by atoms with Crippen LogP contribution in [0, 0.1) is 13.0 Å². The van der Waals surface area contributed by atoms with Crippen molar-refractivity contribution in [2.24, 2.45) is 0 Å². The molecule has 3 rings (SSSR count). The van der Waals surface area contributed by atoms with Crippen LogP contribution in [0.1, 0.15) is 16.7 Å². The van der Waals surface area contributed by atoms with Gasteiger partial charge in [0.05, 0.1) is 16.8 Å². The van der Waals surface area contributed by atoms with E-state index < -0.39 is 23.5 Å². The molecule has 0 aliphatic rings. The predicted molar refractivity (Wildman–Crippen MR) is 87.6 cm³/mol. The van der Waals surface area contributed by atoms with E-state index in [9.17, 15) is 26.3 Å². The van der Waals surface area contributed by atoms with Gasteiger partial charge in [0.2, 0.25) is 5.88 Å². The van der Waals surface area contributed by atoms with Gasteiger partial charge in [-0.3, -0.25) is 0 Å². The summed E-state index contributed by atoms with van der Waals surface area (Å²) < 4.78 is 83.6. The molecule has 0 aliphatic carbocycles. The molecular weight excluding hydrogens is 386 g/mol. The second-order valence-electron chi connectivity index (χ2n) is 5.84. The summed E-state index contributed by atoms with van der Waals surface area (Å²) in [6, 6.07) is 10.4. The summed E-state index contributed by atoms with van der Waals surface area (Å²) in [4.78, 5) is 7.61. The van der Waals surface area contributed by atoms with Crippen LogP contribution in [0.2, 0.25) is 0 Å². The monoisotopic (exact) mass is 397 g/mol. The molecule has 9 heteroatoms. The molecule has 0 fully saturated rings. The lowest BCUT2D eigenvalue weighted by Gasteiger charge is -2.14. The highest BCUT2D eigenvalue weighted by molar-refractivity contribution is 5.62. The van der Waals surface area contributed by atoms with Gasteiger partial charge in [0.1, 0.15) is 12.1 Å². The van der Waals surface area contributed by atoms with Gasteiger partial charge in [0.25, 0.3) is 0 Å². The van der Waals surface area contributed by atoms with E-state index in [1.807, 2.05) is 0 Å². The Bertz CT molecular complexity index is 966. The first-order valence-corrected chi connectivity index (χ1v) is 7.81. The average Bonchev–Trinajstić information content (AvgIpc) is 2.60. The quantitative estimate of drug-likeness (QED) is 0.502. The maximum absolute atomic E-state index is 13.0. The minimum Gasteiger partial charge on any atom is -0.438 e. The first-order valence-electron chi connectivity index (χ1n) is 7.81. The van der Waals surface area contributed by atoms with Crippen LogP contribution in [0.3, 0.4) is 0 Å². The van der Waals surface area contributed by atoms with Crippen molar-refractivity contribution in [3.05, 3.63) is 71.5 Å². The Morgan fingerprint density at radius 1 is 0.857 bits per heavy atom. The van der Waals surface area contributed by atoms with Gasteiger partial charge >= 0.3 is 12.4 Å². The number of aryl methyl sites for hydroxylation is 1. The maximum Gasteiger partial charge on any atom is 0.416 e. The Morgan fingerprint density at radius 2 is 1.50 bits per heavy atom. The van der Waals surface area contributed by atoms with Gasteiger partial charge < -0.3 is 4.74 Å². The van der Waals surface area contributed by atoms with E-state index in [-0.39, 0.29) is 23.2 Å². The van der Waals surface area contributed by atoms with Gasteiger partial charge in [0.15, 0.2) is 0 Å². The molecule has 0 saturated heterocycles. The van der Waals surface area contributed by atoms with Crippen molar-refractivity contribution >= 4 is 0 Å². The van der Waals surface area contributed by atoms with Crippen molar-refractivity contribution in [1.82, 2.24) is 9.97 Å². The Labute approximate surface area is 155 Å². The van der Waals surface area contributed by atoms with E-state index in [1.165, 1.54) is 0 Å². The summed E-state index contributed by atoms with van der Waals surface area (Å²) in [5.41, 5.74) is -2.58. The first kappa shape index (κ1) is 19.7. The van der Waals surface area contributed by atoms with Gasteiger partial charge in [-0.05, 0) is 36.8 Å². The average molecular weight is 397 g/mol. The van der Waals surface area contributed by atoms with Gasteiger partial charge in [-0.2, -0.15) is 26.3 Å². The molecule has 0 N–H and O–H groups in total. The Balaban J connectivity index is 2.03. The zero-order valence-electron chi connectivity index (χ0n) is 14.2. The summed E-state index contributed by atoms with van der Waals surface area (Å²) >= 11 is 0. The highest BCUT2D eigenvalue weighted by Gasteiger charge is 2.37. The van der Waals surface area contributed by atoms with Gasteiger partial charge in [-0.1, -0.05) is 12.1 Å². The molecule has 2 aromatic carbocycles. The van der Waals surface area contributed by atoms with Crippen LogP contribution >= 0.6 is 0 Å². The molecule has 0 saturated carbocycles. The normalized spacial score (nSPS) is 12.1. The lowest BCUT2D eigenvalue weighted by molar-refractivity contribution is -0.143. The van der Waals surface area contributed by atoms with Crippen LogP contribution in [0.25, 0.3) is 11.3 Å². The first-order chi connectivity index (χ1) is 13.0. The van der Waals surface area contributed by atoms with Crippen molar-refractivity contribution in [1.29, 1.82) is 0 Å². The number of halogens is 6. The fourth-order valence-electron chi connectivity index (χ4n) is 2.39. The molecular formula is C19H11F6N2O. The van der Waals surface area contributed by atoms with E-state index in [2.05, 4.69) is 16.0 Å². The number of rotatable bonds is 3. The summed E-state index contributed by atoms with van der Waals surface area (Å²) in [6.07, 6.45) is -8.90. The largest absolute Gasteiger partial charge is 0.438 e. The summed E-state index contributed by atoms with van der Waals surface area (Å²) in [5.74, 6) is 0.252. The number of aromatic nitrogens is 2. The molecule has 0 bridgehead atoms. The van der Waals surface area contributed by atoms with E-state index >= 15 is 0 Å². The second kappa shape index (κ2) is 7.14. The smallest absolute Gasteiger partial charge is 0.416 e. The highest BCUT2D eigenvalue weighted by Crippen LogP contribution is 2.38. The molecule has 0 aliphatic heterocycles. The van der Waals surface area contributed by atoms with Gasteiger partial charge in [-0.25, -0.2) is 9.97 Å². The van der Waals surface area contributed by atoms with Gasteiger partial charge in [0, 0.05) is 17.7 Å². The summed E-state index contributed by atoms with van der Waals surface area (Å²) in [6.45, 7) is 1.78. The molecule has 1 heterocycles. The molecule has 3 aromatic rings. The second-order valence-corrected chi connectivity index (χ2v) is 5.84. The third kappa shape index (κ3) is 4.59. The van der Waals surface area contributed by atoms with E-state index in [1.54, 1.807) is 25.1 Å². The number of hydrogen-bond donors (Lipinski definition) is 0. The van der Waals surface area contributed by atoms with Crippen LogP contribution in [-0.2, 0) is 12.4 Å². The molecule has 28 heavy (non-hydrogen) atoms. The molecule has 0 spiro atoms. The predicted octanol–water partition coefficient (Wildman–Crippen LogP) is 6.08. The number of ether oxygens (including phenoxy) is 1. The number of hydrogen-bond acceptors (Lipinski definition) is 3. The lowest BCUT2D eigenvalue weighted by Crippen LogP contribution is -2.11. The lowest BCUT2D eigenvalue weighted by atomic mass is 10.0. The molecule has 3 nitrogen and oxygen atoms in total.